The van der Waals surface area contributed by atoms with Gasteiger partial charge in [0.25, 0.3) is 0 Å². The lowest BCUT2D eigenvalue weighted by molar-refractivity contribution is -0.141. The van der Waals surface area contributed by atoms with Crippen molar-refractivity contribution in [1.29, 1.82) is 0 Å². The highest BCUT2D eigenvalue weighted by Crippen LogP contribution is 2.22. The van der Waals surface area contributed by atoms with Crippen molar-refractivity contribution < 1.29 is 9.90 Å². The van der Waals surface area contributed by atoms with E-state index in [0.29, 0.717) is 5.92 Å². The molecule has 0 bridgehead atoms. The average molecular weight is 282 g/mol. The fraction of sp³-hybridized carbons (Fsp3) is 0.316. The van der Waals surface area contributed by atoms with Crippen molar-refractivity contribution in [2.24, 2.45) is 11.8 Å². The lowest BCUT2D eigenvalue weighted by Gasteiger charge is -2.14. The van der Waals surface area contributed by atoms with Crippen LogP contribution in [0.25, 0.3) is 11.1 Å². The van der Waals surface area contributed by atoms with Crippen LogP contribution >= 0.6 is 0 Å². The summed E-state index contributed by atoms with van der Waals surface area (Å²) < 4.78 is 0. The Balaban J connectivity index is 1.98. The van der Waals surface area contributed by atoms with Gasteiger partial charge >= 0.3 is 5.97 Å². The second kappa shape index (κ2) is 7.07. The molecule has 2 nitrogen and oxygen atoms in total. The molecular weight excluding hydrogens is 260 g/mol. The molecule has 0 amide bonds. The quantitative estimate of drug-likeness (QED) is 0.837. The van der Waals surface area contributed by atoms with Gasteiger partial charge in [-0.25, -0.2) is 0 Å². The van der Waals surface area contributed by atoms with Gasteiger partial charge in [0.15, 0.2) is 0 Å². The molecule has 0 aliphatic heterocycles. The minimum absolute atomic E-state index is 0.274. The molecule has 21 heavy (non-hydrogen) atoms. The average Bonchev–Trinajstić information content (AvgIpc) is 2.48. The van der Waals surface area contributed by atoms with Crippen molar-refractivity contribution in [3.8, 4) is 11.1 Å². The number of hydrogen-bond donors (Lipinski definition) is 1. The summed E-state index contributed by atoms with van der Waals surface area (Å²) in [5, 5.41) is 8.96. The van der Waals surface area contributed by atoms with Crippen LogP contribution in [0, 0.1) is 11.8 Å². The minimum atomic E-state index is -0.707. The van der Waals surface area contributed by atoms with Crippen LogP contribution in [-0.2, 0) is 11.2 Å². The molecule has 2 heteroatoms. The SMILES string of the molecule is C[C@H](Cc1ccc(-c2ccccc2)cc1)C[C@@H](C)C(=O)O. The molecule has 0 fully saturated rings. The molecule has 0 saturated heterocycles. The molecule has 2 atom stereocenters. The first-order valence-corrected chi connectivity index (χ1v) is 7.43. The summed E-state index contributed by atoms with van der Waals surface area (Å²) in [7, 11) is 0. The summed E-state index contributed by atoms with van der Waals surface area (Å²) in [5.41, 5.74) is 3.70. The van der Waals surface area contributed by atoms with Gasteiger partial charge in [-0.15, -0.1) is 0 Å². The van der Waals surface area contributed by atoms with E-state index in [9.17, 15) is 4.79 Å². The molecule has 2 aromatic rings. The number of aliphatic carboxylic acids is 1. The molecule has 0 spiro atoms. The zero-order valence-corrected chi connectivity index (χ0v) is 12.6. The number of carboxylic acids is 1. The molecule has 2 rings (SSSR count). The van der Waals surface area contributed by atoms with Crippen molar-refractivity contribution in [3.63, 3.8) is 0 Å². The second-order valence-electron chi connectivity index (χ2n) is 5.85. The Labute approximate surface area is 126 Å². The van der Waals surface area contributed by atoms with E-state index in [-0.39, 0.29) is 5.92 Å². The normalized spacial score (nSPS) is 13.6. The summed E-state index contributed by atoms with van der Waals surface area (Å²) in [6, 6.07) is 18.9. The fourth-order valence-corrected chi connectivity index (χ4v) is 2.65. The molecule has 0 aliphatic rings. The van der Waals surface area contributed by atoms with Gasteiger partial charge in [0.05, 0.1) is 5.92 Å². The molecule has 1 N–H and O–H groups in total. The zero-order chi connectivity index (χ0) is 15.2. The molecule has 0 unspecified atom stereocenters. The molecule has 0 saturated carbocycles. The van der Waals surface area contributed by atoms with Crippen molar-refractivity contribution in [2.45, 2.75) is 26.7 Å². The summed E-state index contributed by atoms with van der Waals surface area (Å²) in [6.07, 6.45) is 1.64. The molecule has 0 heterocycles. The van der Waals surface area contributed by atoms with Crippen LogP contribution in [0.5, 0.6) is 0 Å². The van der Waals surface area contributed by atoms with Crippen molar-refractivity contribution >= 4 is 5.97 Å². The van der Waals surface area contributed by atoms with Gasteiger partial charge in [-0.05, 0) is 35.4 Å². The summed E-state index contributed by atoms with van der Waals surface area (Å²) in [6.45, 7) is 3.89. The van der Waals surface area contributed by atoms with Crippen molar-refractivity contribution in [3.05, 3.63) is 60.2 Å². The van der Waals surface area contributed by atoms with Crippen LogP contribution < -0.4 is 0 Å². The van der Waals surface area contributed by atoms with Gasteiger partial charge < -0.3 is 5.11 Å². The highest BCUT2D eigenvalue weighted by molar-refractivity contribution is 5.69. The zero-order valence-electron chi connectivity index (χ0n) is 12.6. The first-order valence-electron chi connectivity index (χ1n) is 7.43. The van der Waals surface area contributed by atoms with E-state index in [1.54, 1.807) is 6.92 Å². The first kappa shape index (κ1) is 15.3. The lowest BCUT2D eigenvalue weighted by Crippen LogP contribution is -2.14. The van der Waals surface area contributed by atoms with Crippen LogP contribution in [-0.4, -0.2) is 11.1 Å². The predicted molar refractivity (Wildman–Crippen MR) is 86.2 cm³/mol. The van der Waals surface area contributed by atoms with Crippen molar-refractivity contribution in [2.75, 3.05) is 0 Å². The van der Waals surface area contributed by atoms with Gasteiger partial charge in [0.1, 0.15) is 0 Å². The van der Waals surface area contributed by atoms with E-state index in [2.05, 4.69) is 43.3 Å². The number of benzene rings is 2. The number of hydrogen-bond acceptors (Lipinski definition) is 1. The van der Waals surface area contributed by atoms with Gasteiger partial charge in [-0.1, -0.05) is 68.4 Å². The third-order valence-corrected chi connectivity index (χ3v) is 3.82. The van der Waals surface area contributed by atoms with Gasteiger partial charge in [0, 0.05) is 0 Å². The Morgan fingerprint density at radius 2 is 1.52 bits per heavy atom. The molecule has 110 valence electrons. The minimum Gasteiger partial charge on any atom is -0.481 e. The van der Waals surface area contributed by atoms with Crippen molar-refractivity contribution in [1.82, 2.24) is 0 Å². The molecule has 0 aliphatic carbocycles. The van der Waals surface area contributed by atoms with E-state index in [1.807, 2.05) is 18.2 Å². The van der Waals surface area contributed by atoms with Crippen LogP contribution in [0.1, 0.15) is 25.8 Å². The van der Waals surface area contributed by atoms with E-state index in [0.717, 1.165) is 12.8 Å². The number of carboxylic acid groups (broad SMARTS) is 1. The van der Waals surface area contributed by atoms with Gasteiger partial charge in [-0.2, -0.15) is 0 Å². The van der Waals surface area contributed by atoms with Crippen LogP contribution in [0.3, 0.4) is 0 Å². The molecular formula is C19H22O2. The maximum absolute atomic E-state index is 10.9. The molecule has 0 radical (unpaired) electrons. The maximum atomic E-state index is 10.9. The van der Waals surface area contributed by atoms with E-state index >= 15 is 0 Å². The standard InChI is InChI=1S/C19H22O2/c1-14(12-15(2)19(20)21)13-16-8-10-18(11-9-16)17-6-4-3-5-7-17/h3-11,14-15H,12-13H2,1-2H3,(H,20,21)/t14-,15+/m0/s1. The van der Waals surface area contributed by atoms with E-state index in [1.165, 1.54) is 16.7 Å². The number of rotatable bonds is 6. The monoisotopic (exact) mass is 282 g/mol. The fourth-order valence-electron chi connectivity index (χ4n) is 2.65. The third-order valence-electron chi connectivity index (χ3n) is 3.82. The van der Waals surface area contributed by atoms with E-state index < -0.39 is 5.97 Å². The third kappa shape index (κ3) is 4.45. The topological polar surface area (TPSA) is 37.3 Å². The van der Waals surface area contributed by atoms with Crippen LogP contribution in [0.2, 0.25) is 0 Å². The predicted octanol–water partition coefficient (Wildman–Crippen LogP) is 4.64. The Bertz CT molecular complexity index is 572. The van der Waals surface area contributed by atoms with Crippen LogP contribution in [0.15, 0.2) is 54.6 Å². The van der Waals surface area contributed by atoms with Gasteiger partial charge in [0.2, 0.25) is 0 Å². The maximum Gasteiger partial charge on any atom is 0.306 e. The highest BCUT2D eigenvalue weighted by Gasteiger charge is 2.15. The summed E-state index contributed by atoms with van der Waals surface area (Å²) in [5.74, 6) is -0.608. The highest BCUT2D eigenvalue weighted by atomic mass is 16.4. The molecule has 2 aromatic carbocycles. The Hall–Kier alpha value is -2.09. The molecule has 0 aromatic heterocycles. The Morgan fingerprint density at radius 3 is 2.10 bits per heavy atom. The smallest absolute Gasteiger partial charge is 0.306 e. The lowest BCUT2D eigenvalue weighted by atomic mass is 9.91. The summed E-state index contributed by atoms with van der Waals surface area (Å²) >= 11 is 0. The van der Waals surface area contributed by atoms with Crippen LogP contribution in [0.4, 0.5) is 0 Å². The first-order chi connectivity index (χ1) is 10.1. The number of carbonyl (C=O) groups is 1. The largest absolute Gasteiger partial charge is 0.481 e. The second-order valence-corrected chi connectivity index (χ2v) is 5.85. The van der Waals surface area contributed by atoms with E-state index in [4.69, 9.17) is 5.11 Å². The van der Waals surface area contributed by atoms with Gasteiger partial charge in [-0.3, -0.25) is 4.79 Å². The Kier molecular flexibility index (Phi) is 5.15. The summed E-state index contributed by atoms with van der Waals surface area (Å²) in [4.78, 5) is 10.9. The Morgan fingerprint density at radius 1 is 0.952 bits per heavy atom.